The average Bonchev–Trinajstić information content (AvgIpc) is 3.08. The standard InChI is InChI=1S/C17H18N2O5S/c1-5-6-10-7-11(8-12(22-2)14(10)23-3)15(20)19-17-18-9-13(25-17)16(21)24-4/h5-9H,1-4H3,(H,18,19,20)/b6-5+. The highest BCUT2D eigenvalue weighted by Gasteiger charge is 2.17. The number of hydrogen-bond donors (Lipinski definition) is 1. The Morgan fingerprint density at radius 3 is 2.56 bits per heavy atom. The lowest BCUT2D eigenvalue weighted by Crippen LogP contribution is -2.12. The van der Waals surface area contributed by atoms with E-state index in [1.54, 1.807) is 12.1 Å². The maximum atomic E-state index is 12.5. The SMILES string of the molecule is C/C=C/c1cc(C(=O)Nc2ncc(C(=O)OC)s2)cc(OC)c1OC. The normalized spacial score (nSPS) is 10.6. The average molecular weight is 362 g/mol. The number of aromatic nitrogens is 1. The molecule has 0 spiro atoms. The number of nitrogens with one attached hydrogen (secondary N) is 1. The molecule has 25 heavy (non-hydrogen) atoms. The topological polar surface area (TPSA) is 86.8 Å². The summed E-state index contributed by atoms with van der Waals surface area (Å²) in [7, 11) is 4.32. The predicted molar refractivity (Wildman–Crippen MR) is 95.7 cm³/mol. The van der Waals surface area contributed by atoms with Crippen LogP contribution in [0.5, 0.6) is 11.5 Å². The van der Waals surface area contributed by atoms with Crippen molar-refractivity contribution in [3.8, 4) is 11.5 Å². The molecule has 0 atom stereocenters. The van der Waals surface area contributed by atoms with E-state index < -0.39 is 5.97 Å². The third kappa shape index (κ3) is 4.16. The summed E-state index contributed by atoms with van der Waals surface area (Å²) >= 11 is 1.03. The smallest absolute Gasteiger partial charge is 0.349 e. The zero-order chi connectivity index (χ0) is 18.4. The third-order valence-electron chi connectivity index (χ3n) is 3.23. The van der Waals surface area contributed by atoms with Gasteiger partial charge < -0.3 is 14.2 Å². The molecule has 2 aromatic rings. The van der Waals surface area contributed by atoms with E-state index in [1.165, 1.54) is 27.5 Å². The predicted octanol–water partition coefficient (Wildman–Crippen LogP) is 3.23. The molecule has 0 unspecified atom stereocenters. The van der Waals surface area contributed by atoms with Gasteiger partial charge in [-0.25, -0.2) is 9.78 Å². The summed E-state index contributed by atoms with van der Waals surface area (Å²) in [6.45, 7) is 1.86. The van der Waals surface area contributed by atoms with Gasteiger partial charge in [0.15, 0.2) is 16.6 Å². The molecule has 1 heterocycles. The molecule has 0 saturated carbocycles. The molecule has 1 N–H and O–H groups in total. The summed E-state index contributed by atoms with van der Waals surface area (Å²) in [4.78, 5) is 28.3. The Morgan fingerprint density at radius 2 is 1.96 bits per heavy atom. The van der Waals surface area contributed by atoms with Gasteiger partial charge in [-0.3, -0.25) is 10.1 Å². The number of rotatable bonds is 6. The molecular formula is C17H18N2O5S. The fourth-order valence-corrected chi connectivity index (χ4v) is 2.85. The van der Waals surface area contributed by atoms with E-state index in [9.17, 15) is 9.59 Å². The van der Waals surface area contributed by atoms with Crippen LogP contribution in [-0.4, -0.2) is 38.2 Å². The van der Waals surface area contributed by atoms with E-state index in [0.29, 0.717) is 32.6 Å². The van der Waals surface area contributed by atoms with Gasteiger partial charge in [-0.15, -0.1) is 0 Å². The lowest BCUT2D eigenvalue weighted by molar-refractivity contribution is 0.0606. The lowest BCUT2D eigenvalue weighted by atomic mass is 10.1. The second-order valence-corrected chi connectivity index (χ2v) is 5.81. The summed E-state index contributed by atoms with van der Waals surface area (Å²) in [6.07, 6.45) is 5.01. The first-order chi connectivity index (χ1) is 12.0. The van der Waals surface area contributed by atoms with Gasteiger partial charge in [0.25, 0.3) is 5.91 Å². The number of nitrogens with zero attached hydrogens (tertiary/aromatic N) is 1. The Balaban J connectivity index is 2.31. The van der Waals surface area contributed by atoms with Crippen molar-refractivity contribution in [1.29, 1.82) is 0 Å². The minimum atomic E-state index is -0.500. The van der Waals surface area contributed by atoms with Gasteiger partial charge in [-0.05, 0) is 19.1 Å². The van der Waals surface area contributed by atoms with Crippen molar-refractivity contribution in [3.63, 3.8) is 0 Å². The Hall–Kier alpha value is -2.87. The van der Waals surface area contributed by atoms with Crippen molar-refractivity contribution in [2.24, 2.45) is 0 Å². The molecule has 0 fully saturated rings. The van der Waals surface area contributed by atoms with Crippen LogP contribution >= 0.6 is 11.3 Å². The first-order valence-corrected chi connectivity index (χ1v) is 8.09. The Kier molecular flexibility index (Phi) is 6.13. The van der Waals surface area contributed by atoms with E-state index in [1.807, 2.05) is 19.1 Å². The van der Waals surface area contributed by atoms with Crippen molar-refractivity contribution >= 4 is 34.4 Å². The zero-order valence-electron chi connectivity index (χ0n) is 14.3. The van der Waals surface area contributed by atoms with Crippen LogP contribution in [-0.2, 0) is 4.74 Å². The molecule has 2 rings (SSSR count). The molecule has 0 bridgehead atoms. The fraction of sp³-hybridized carbons (Fsp3) is 0.235. The van der Waals surface area contributed by atoms with E-state index in [0.717, 1.165) is 11.3 Å². The molecule has 0 aliphatic heterocycles. The van der Waals surface area contributed by atoms with Crippen LogP contribution in [0.3, 0.4) is 0 Å². The number of hydrogen-bond acceptors (Lipinski definition) is 7. The van der Waals surface area contributed by atoms with Crippen LogP contribution in [0.2, 0.25) is 0 Å². The van der Waals surface area contributed by atoms with E-state index in [-0.39, 0.29) is 5.91 Å². The second-order valence-electron chi connectivity index (χ2n) is 4.78. The summed E-state index contributed by atoms with van der Waals surface area (Å²) in [5.74, 6) is 0.106. The number of thiazole rings is 1. The van der Waals surface area contributed by atoms with Crippen LogP contribution in [0.4, 0.5) is 5.13 Å². The summed E-state index contributed by atoms with van der Waals surface area (Å²) in [5.41, 5.74) is 1.09. The van der Waals surface area contributed by atoms with Gasteiger partial charge >= 0.3 is 5.97 Å². The Labute approximate surface area is 149 Å². The number of allylic oxidation sites excluding steroid dienone is 1. The molecule has 1 aromatic heterocycles. The van der Waals surface area contributed by atoms with Crippen LogP contribution in [0.25, 0.3) is 6.08 Å². The molecule has 7 nitrogen and oxygen atoms in total. The highest BCUT2D eigenvalue weighted by Crippen LogP contribution is 2.34. The largest absolute Gasteiger partial charge is 0.493 e. The number of carbonyl (C=O) groups excluding carboxylic acids is 2. The number of benzene rings is 1. The minimum absolute atomic E-state index is 0.299. The van der Waals surface area contributed by atoms with Crippen molar-refractivity contribution in [2.45, 2.75) is 6.92 Å². The molecule has 0 saturated heterocycles. The van der Waals surface area contributed by atoms with Crippen molar-refractivity contribution in [3.05, 3.63) is 40.4 Å². The van der Waals surface area contributed by atoms with Gasteiger partial charge in [0.1, 0.15) is 4.88 Å². The van der Waals surface area contributed by atoms with E-state index in [4.69, 9.17) is 9.47 Å². The van der Waals surface area contributed by atoms with Crippen molar-refractivity contribution in [2.75, 3.05) is 26.6 Å². The maximum absolute atomic E-state index is 12.5. The van der Waals surface area contributed by atoms with Gasteiger partial charge in [0.2, 0.25) is 0 Å². The zero-order valence-corrected chi connectivity index (χ0v) is 15.1. The molecule has 1 aromatic carbocycles. The fourth-order valence-electron chi connectivity index (χ4n) is 2.12. The number of ether oxygens (including phenoxy) is 3. The van der Waals surface area contributed by atoms with Crippen LogP contribution in [0.15, 0.2) is 24.4 Å². The first-order valence-electron chi connectivity index (χ1n) is 7.28. The highest BCUT2D eigenvalue weighted by molar-refractivity contribution is 7.17. The number of esters is 1. The molecule has 0 radical (unpaired) electrons. The monoisotopic (exact) mass is 362 g/mol. The minimum Gasteiger partial charge on any atom is -0.493 e. The number of methoxy groups -OCH3 is 3. The van der Waals surface area contributed by atoms with Crippen LogP contribution in [0, 0.1) is 0 Å². The Morgan fingerprint density at radius 1 is 1.20 bits per heavy atom. The molecule has 0 aliphatic rings. The molecule has 1 amide bonds. The lowest BCUT2D eigenvalue weighted by Gasteiger charge is -2.13. The summed E-state index contributed by atoms with van der Waals surface area (Å²) in [5, 5.41) is 2.95. The van der Waals surface area contributed by atoms with Gasteiger partial charge in [-0.2, -0.15) is 0 Å². The Bertz CT molecular complexity index is 813. The van der Waals surface area contributed by atoms with Gasteiger partial charge in [-0.1, -0.05) is 23.5 Å². The third-order valence-corrected chi connectivity index (χ3v) is 4.12. The quantitative estimate of drug-likeness (QED) is 0.794. The summed E-state index contributed by atoms with van der Waals surface area (Å²) in [6, 6.07) is 3.27. The highest BCUT2D eigenvalue weighted by atomic mass is 32.1. The van der Waals surface area contributed by atoms with Crippen molar-refractivity contribution in [1.82, 2.24) is 4.98 Å². The maximum Gasteiger partial charge on any atom is 0.349 e. The number of amides is 1. The van der Waals surface area contributed by atoms with Gasteiger partial charge in [0.05, 0.1) is 27.5 Å². The van der Waals surface area contributed by atoms with Crippen LogP contribution < -0.4 is 14.8 Å². The summed E-state index contributed by atoms with van der Waals surface area (Å²) < 4.78 is 15.3. The molecule has 132 valence electrons. The van der Waals surface area contributed by atoms with Crippen LogP contribution in [0.1, 0.15) is 32.5 Å². The van der Waals surface area contributed by atoms with Gasteiger partial charge in [0, 0.05) is 11.1 Å². The molecular weight excluding hydrogens is 344 g/mol. The van der Waals surface area contributed by atoms with Crippen molar-refractivity contribution < 1.29 is 23.8 Å². The first kappa shape index (κ1) is 18.5. The molecule has 0 aliphatic carbocycles. The van der Waals surface area contributed by atoms with E-state index in [2.05, 4.69) is 15.0 Å². The number of carbonyl (C=O) groups is 2. The molecule has 8 heteroatoms. The van der Waals surface area contributed by atoms with E-state index >= 15 is 0 Å². The second kappa shape index (κ2) is 8.29. The number of anilines is 1.